The van der Waals surface area contributed by atoms with E-state index in [1.165, 1.54) is 25.1 Å². The van der Waals surface area contributed by atoms with Gasteiger partial charge in [-0.3, -0.25) is 4.79 Å². The summed E-state index contributed by atoms with van der Waals surface area (Å²) >= 11 is 0. The van der Waals surface area contributed by atoms with Crippen LogP contribution in [0.1, 0.15) is 37.5 Å². The predicted octanol–water partition coefficient (Wildman–Crippen LogP) is 5.17. The van der Waals surface area contributed by atoms with Gasteiger partial charge in [-0.15, -0.1) is 0 Å². The number of nitrogens with one attached hydrogen (secondary N) is 2. The minimum absolute atomic E-state index is 0.0570. The third-order valence-electron chi connectivity index (χ3n) is 5.88. The number of halogens is 3. The van der Waals surface area contributed by atoms with Crippen LogP contribution in [0.25, 0.3) is 11.1 Å². The number of carbonyl (C=O) groups excluding carboxylic acids is 1. The molecular weight excluding hydrogens is 465 g/mol. The molecule has 0 radical (unpaired) electrons. The topological polar surface area (TPSA) is 61.4 Å². The zero-order valence-electron chi connectivity index (χ0n) is 20.8. The molecule has 0 saturated carbocycles. The SMILES string of the molecule is CC(=O)N[C@@H](Cc1cc(F)cc(F)c1)[C@H](O)CNCc1cc(CC(C)C)ccc1-c1ccccc1F. The molecule has 1 amide bonds. The summed E-state index contributed by atoms with van der Waals surface area (Å²) in [5.74, 6) is -1.66. The molecule has 0 heterocycles. The Balaban J connectivity index is 1.76. The number of amides is 1. The maximum Gasteiger partial charge on any atom is 0.217 e. The Kier molecular flexibility index (Phi) is 9.67. The standard InChI is InChI=1S/C29H33F3N2O2/c1-18(2)10-20-8-9-25(26-6-4-5-7-27(26)32)22(11-20)16-33-17-29(36)28(34-19(3)35)14-21-12-23(30)15-24(31)13-21/h4-9,11-13,15,18,28-29,33,36H,10,14,16-17H2,1-3H3,(H,34,35)/t28-,29+/m0/s1. The van der Waals surface area contributed by atoms with E-state index in [-0.39, 0.29) is 24.7 Å². The summed E-state index contributed by atoms with van der Waals surface area (Å²) in [6, 6.07) is 14.9. The molecule has 3 aromatic carbocycles. The Hall–Kier alpha value is -3.16. The lowest BCUT2D eigenvalue weighted by molar-refractivity contribution is -0.120. The lowest BCUT2D eigenvalue weighted by Crippen LogP contribution is -2.48. The van der Waals surface area contributed by atoms with Gasteiger partial charge in [-0.05, 0) is 59.2 Å². The summed E-state index contributed by atoms with van der Waals surface area (Å²) in [5, 5.41) is 16.7. The number of hydrogen-bond donors (Lipinski definition) is 3. The Bertz CT molecular complexity index is 1160. The zero-order chi connectivity index (χ0) is 26.2. The third kappa shape index (κ3) is 7.93. The van der Waals surface area contributed by atoms with E-state index < -0.39 is 23.8 Å². The molecule has 0 saturated heterocycles. The second-order valence-corrected chi connectivity index (χ2v) is 9.56. The van der Waals surface area contributed by atoms with Crippen LogP contribution in [0.3, 0.4) is 0 Å². The van der Waals surface area contributed by atoms with Gasteiger partial charge in [-0.1, -0.05) is 50.2 Å². The van der Waals surface area contributed by atoms with Crippen LogP contribution in [0.2, 0.25) is 0 Å². The molecule has 192 valence electrons. The summed E-state index contributed by atoms with van der Waals surface area (Å²) in [6.07, 6.45) is -0.0975. The minimum Gasteiger partial charge on any atom is -0.390 e. The van der Waals surface area contributed by atoms with E-state index in [9.17, 15) is 23.1 Å². The van der Waals surface area contributed by atoms with Crippen molar-refractivity contribution in [1.82, 2.24) is 10.6 Å². The number of aliphatic hydroxyl groups is 1. The molecule has 0 spiro atoms. The van der Waals surface area contributed by atoms with Crippen LogP contribution >= 0.6 is 0 Å². The van der Waals surface area contributed by atoms with Gasteiger partial charge in [-0.25, -0.2) is 13.2 Å². The largest absolute Gasteiger partial charge is 0.390 e. The van der Waals surface area contributed by atoms with Crippen molar-refractivity contribution >= 4 is 5.91 Å². The average molecular weight is 499 g/mol. The van der Waals surface area contributed by atoms with Crippen LogP contribution in [0.15, 0.2) is 60.7 Å². The summed E-state index contributed by atoms with van der Waals surface area (Å²) in [5.41, 5.74) is 3.60. The number of rotatable bonds is 11. The Morgan fingerprint density at radius 2 is 1.58 bits per heavy atom. The molecule has 2 atom stereocenters. The summed E-state index contributed by atoms with van der Waals surface area (Å²) in [7, 11) is 0. The van der Waals surface area contributed by atoms with Crippen LogP contribution in [-0.2, 0) is 24.2 Å². The van der Waals surface area contributed by atoms with E-state index in [2.05, 4.69) is 24.5 Å². The fourth-order valence-electron chi connectivity index (χ4n) is 4.36. The second-order valence-electron chi connectivity index (χ2n) is 9.56. The predicted molar refractivity (Wildman–Crippen MR) is 136 cm³/mol. The summed E-state index contributed by atoms with van der Waals surface area (Å²) in [4.78, 5) is 11.7. The normalized spacial score (nSPS) is 13.0. The quantitative estimate of drug-likeness (QED) is 0.342. The average Bonchev–Trinajstić information content (AvgIpc) is 2.78. The van der Waals surface area contributed by atoms with Crippen LogP contribution in [0.5, 0.6) is 0 Å². The molecule has 3 N–H and O–H groups in total. The molecule has 3 rings (SSSR count). The molecule has 0 aromatic heterocycles. The van der Waals surface area contributed by atoms with Gasteiger partial charge in [0.25, 0.3) is 0 Å². The van der Waals surface area contributed by atoms with Crippen LogP contribution < -0.4 is 10.6 Å². The molecule has 0 fully saturated rings. The van der Waals surface area contributed by atoms with Crippen molar-refractivity contribution in [3.63, 3.8) is 0 Å². The second kappa shape index (κ2) is 12.7. The van der Waals surface area contributed by atoms with Gasteiger partial charge in [0.1, 0.15) is 17.5 Å². The first-order valence-electron chi connectivity index (χ1n) is 12.1. The molecule has 7 heteroatoms. The maximum absolute atomic E-state index is 14.6. The van der Waals surface area contributed by atoms with Crippen molar-refractivity contribution in [3.8, 4) is 11.1 Å². The highest BCUT2D eigenvalue weighted by Crippen LogP contribution is 2.28. The molecule has 0 unspecified atom stereocenters. The number of benzene rings is 3. The lowest BCUT2D eigenvalue weighted by atomic mass is 9.94. The smallest absolute Gasteiger partial charge is 0.217 e. The molecule has 0 aliphatic carbocycles. The number of aliphatic hydroxyl groups excluding tert-OH is 1. The molecule has 4 nitrogen and oxygen atoms in total. The Morgan fingerprint density at radius 1 is 0.889 bits per heavy atom. The number of carbonyl (C=O) groups is 1. The van der Waals surface area contributed by atoms with Crippen molar-refractivity contribution < 1.29 is 23.1 Å². The van der Waals surface area contributed by atoms with E-state index in [0.717, 1.165) is 29.2 Å². The van der Waals surface area contributed by atoms with E-state index in [1.54, 1.807) is 18.2 Å². The lowest BCUT2D eigenvalue weighted by Gasteiger charge is -2.24. The first-order valence-corrected chi connectivity index (χ1v) is 12.1. The van der Waals surface area contributed by atoms with Crippen LogP contribution in [-0.4, -0.2) is 29.7 Å². The van der Waals surface area contributed by atoms with Crippen molar-refractivity contribution in [1.29, 1.82) is 0 Å². The highest BCUT2D eigenvalue weighted by molar-refractivity contribution is 5.73. The minimum atomic E-state index is -1.03. The van der Waals surface area contributed by atoms with Crippen molar-refractivity contribution in [2.75, 3.05) is 6.54 Å². The van der Waals surface area contributed by atoms with Crippen molar-refractivity contribution in [2.24, 2.45) is 5.92 Å². The van der Waals surface area contributed by atoms with Gasteiger partial charge in [0, 0.05) is 31.6 Å². The molecule has 0 aliphatic heterocycles. The zero-order valence-corrected chi connectivity index (χ0v) is 20.8. The molecule has 36 heavy (non-hydrogen) atoms. The van der Waals surface area contributed by atoms with Gasteiger partial charge < -0.3 is 15.7 Å². The van der Waals surface area contributed by atoms with Crippen molar-refractivity contribution in [3.05, 3.63) is 94.8 Å². The van der Waals surface area contributed by atoms with Gasteiger partial charge in [0.05, 0.1) is 12.1 Å². The van der Waals surface area contributed by atoms with Gasteiger partial charge in [-0.2, -0.15) is 0 Å². The molecule has 0 aliphatic rings. The monoisotopic (exact) mass is 498 g/mol. The molecule has 3 aromatic rings. The molecular formula is C29H33F3N2O2. The highest BCUT2D eigenvalue weighted by Gasteiger charge is 2.21. The van der Waals surface area contributed by atoms with E-state index in [4.69, 9.17) is 0 Å². The maximum atomic E-state index is 14.6. The summed E-state index contributed by atoms with van der Waals surface area (Å²) in [6.45, 7) is 6.04. The van der Waals surface area contributed by atoms with E-state index in [1.807, 2.05) is 18.2 Å². The van der Waals surface area contributed by atoms with Crippen LogP contribution in [0.4, 0.5) is 13.2 Å². The van der Waals surface area contributed by atoms with Gasteiger partial charge in [0.2, 0.25) is 5.91 Å². The molecule has 0 bridgehead atoms. The first-order chi connectivity index (χ1) is 17.1. The summed E-state index contributed by atoms with van der Waals surface area (Å²) < 4.78 is 41.8. The van der Waals surface area contributed by atoms with E-state index in [0.29, 0.717) is 23.6 Å². The van der Waals surface area contributed by atoms with E-state index >= 15 is 0 Å². The Morgan fingerprint density at radius 3 is 2.22 bits per heavy atom. The van der Waals surface area contributed by atoms with Crippen molar-refractivity contribution in [2.45, 2.75) is 52.3 Å². The third-order valence-corrected chi connectivity index (χ3v) is 5.88. The Labute approximate surface area is 210 Å². The fourth-order valence-corrected chi connectivity index (χ4v) is 4.36. The highest BCUT2D eigenvalue weighted by atomic mass is 19.1. The fraction of sp³-hybridized carbons (Fsp3) is 0.345. The van der Waals surface area contributed by atoms with Gasteiger partial charge in [0.15, 0.2) is 0 Å². The van der Waals surface area contributed by atoms with Gasteiger partial charge >= 0.3 is 0 Å². The van der Waals surface area contributed by atoms with Crippen LogP contribution in [0, 0.1) is 23.4 Å². The number of hydrogen-bond acceptors (Lipinski definition) is 3. The first kappa shape index (κ1) is 27.4.